The third-order valence-corrected chi connectivity index (χ3v) is 5.35. The molecule has 4 aromatic rings. The summed E-state index contributed by atoms with van der Waals surface area (Å²) in [6, 6.07) is 21.9. The fourth-order valence-corrected chi connectivity index (χ4v) is 3.54. The molecular weight excluding hydrogens is 440 g/mol. The quantitative estimate of drug-likeness (QED) is 0.382. The van der Waals surface area contributed by atoms with Gasteiger partial charge in [-0.05, 0) is 58.3 Å². The number of nitrogens with one attached hydrogen (secondary N) is 1. The highest BCUT2D eigenvalue weighted by molar-refractivity contribution is 6.00. The van der Waals surface area contributed by atoms with Gasteiger partial charge < -0.3 is 15.2 Å². The van der Waals surface area contributed by atoms with Crippen LogP contribution in [0.5, 0.6) is 5.75 Å². The van der Waals surface area contributed by atoms with Crippen molar-refractivity contribution in [3.63, 3.8) is 0 Å². The number of carbonyl (C=O) groups excluding carboxylic acids is 1. The topological polar surface area (TPSA) is 75.6 Å². The lowest BCUT2D eigenvalue weighted by atomic mass is 10.0. The first-order chi connectivity index (χ1) is 16.4. The summed E-state index contributed by atoms with van der Waals surface area (Å²) < 4.78 is 32.1. The molecule has 1 unspecified atom stereocenters. The zero-order chi connectivity index (χ0) is 24.1. The molecule has 0 aliphatic carbocycles. The van der Waals surface area contributed by atoms with Crippen molar-refractivity contribution in [1.29, 1.82) is 0 Å². The van der Waals surface area contributed by atoms with Crippen LogP contribution in [0.1, 0.15) is 21.5 Å². The number of halogens is 2. The average Bonchev–Trinajstić information content (AvgIpc) is 2.84. The van der Waals surface area contributed by atoms with E-state index < -0.39 is 29.6 Å². The summed E-state index contributed by atoms with van der Waals surface area (Å²) in [4.78, 5) is 24.4. The predicted molar refractivity (Wildman–Crippen MR) is 124 cm³/mol. The molecule has 7 heteroatoms. The molecule has 172 valence electrons. The second-order valence-corrected chi connectivity index (χ2v) is 7.81. The molecule has 1 atom stereocenters. The van der Waals surface area contributed by atoms with Gasteiger partial charge in [0.25, 0.3) is 5.91 Å². The van der Waals surface area contributed by atoms with E-state index in [4.69, 9.17) is 4.74 Å². The van der Waals surface area contributed by atoms with Crippen molar-refractivity contribution in [3.05, 3.63) is 113 Å². The molecule has 0 spiro atoms. The maximum Gasteiger partial charge on any atom is 0.326 e. The first kappa shape index (κ1) is 22.9. The Balaban J connectivity index is 1.44. The largest absolute Gasteiger partial charge is 0.489 e. The molecule has 0 aliphatic rings. The maximum absolute atomic E-state index is 13.4. The van der Waals surface area contributed by atoms with E-state index in [2.05, 4.69) is 5.32 Å². The SMILES string of the molecule is O=C(NC(Cc1ccccc1)C(=O)O)c1ccc2cc(OCc3ccc(F)c(F)c3)ccc2c1. The van der Waals surface area contributed by atoms with Crippen molar-refractivity contribution >= 4 is 22.6 Å². The molecule has 0 heterocycles. The highest BCUT2D eigenvalue weighted by Gasteiger charge is 2.21. The Hall–Kier alpha value is -4.26. The van der Waals surface area contributed by atoms with Gasteiger partial charge in [0.15, 0.2) is 11.6 Å². The number of benzene rings is 4. The normalized spacial score (nSPS) is 11.7. The van der Waals surface area contributed by atoms with Gasteiger partial charge in [-0.2, -0.15) is 0 Å². The minimum atomic E-state index is -1.11. The number of carbonyl (C=O) groups is 2. The Kier molecular flexibility index (Phi) is 6.82. The van der Waals surface area contributed by atoms with E-state index >= 15 is 0 Å². The molecule has 0 aliphatic heterocycles. The second kappa shape index (κ2) is 10.1. The Bertz CT molecular complexity index is 1340. The van der Waals surface area contributed by atoms with E-state index in [-0.39, 0.29) is 13.0 Å². The number of amides is 1. The summed E-state index contributed by atoms with van der Waals surface area (Å²) in [5, 5.41) is 13.7. The highest BCUT2D eigenvalue weighted by Crippen LogP contribution is 2.23. The van der Waals surface area contributed by atoms with Gasteiger partial charge in [-0.1, -0.05) is 48.5 Å². The van der Waals surface area contributed by atoms with Crippen LogP contribution in [0, 0.1) is 11.6 Å². The van der Waals surface area contributed by atoms with Crippen LogP contribution in [-0.4, -0.2) is 23.0 Å². The average molecular weight is 461 g/mol. The molecule has 0 saturated carbocycles. The van der Waals surface area contributed by atoms with Crippen molar-refractivity contribution in [2.75, 3.05) is 0 Å². The van der Waals surface area contributed by atoms with Gasteiger partial charge >= 0.3 is 5.97 Å². The van der Waals surface area contributed by atoms with Gasteiger partial charge in [-0.15, -0.1) is 0 Å². The molecule has 4 rings (SSSR count). The van der Waals surface area contributed by atoms with E-state index in [1.807, 2.05) is 30.3 Å². The molecular formula is C27H21F2NO4. The van der Waals surface area contributed by atoms with Gasteiger partial charge in [0, 0.05) is 12.0 Å². The van der Waals surface area contributed by atoms with E-state index in [0.29, 0.717) is 16.9 Å². The molecule has 1 amide bonds. The van der Waals surface area contributed by atoms with Crippen LogP contribution in [0.15, 0.2) is 84.9 Å². The van der Waals surface area contributed by atoms with E-state index in [1.165, 1.54) is 6.07 Å². The monoisotopic (exact) mass is 461 g/mol. The summed E-state index contributed by atoms with van der Waals surface area (Å²) in [6.45, 7) is 0.0706. The van der Waals surface area contributed by atoms with E-state index in [9.17, 15) is 23.5 Å². The van der Waals surface area contributed by atoms with Gasteiger partial charge in [0.1, 0.15) is 18.4 Å². The highest BCUT2D eigenvalue weighted by atomic mass is 19.2. The van der Waals surface area contributed by atoms with Gasteiger partial charge in [-0.25, -0.2) is 13.6 Å². The van der Waals surface area contributed by atoms with E-state index in [0.717, 1.165) is 28.5 Å². The molecule has 0 fully saturated rings. The van der Waals surface area contributed by atoms with Crippen molar-refractivity contribution in [2.24, 2.45) is 0 Å². The van der Waals surface area contributed by atoms with Gasteiger partial charge in [0.2, 0.25) is 0 Å². The Morgan fingerprint density at radius 2 is 1.56 bits per heavy atom. The number of fused-ring (bicyclic) bond motifs is 1. The zero-order valence-electron chi connectivity index (χ0n) is 18.0. The molecule has 0 saturated heterocycles. The number of carboxylic acids is 1. The Labute approximate surface area is 194 Å². The summed E-state index contributed by atoms with van der Waals surface area (Å²) in [5.41, 5.74) is 1.64. The number of hydrogen-bond donors (Lipinski definition) is 2. The Morgan fingerprint density at radius 3 is 2.29 bits per heavy atom. The number of carboxylic acid groups (broad SMARTS) is 1. The summed E-state index contributed by atoms with van der Waals surface area (Å²) in [6.07, 6.45) is 0.175. The number of rotatable bonds is 8. The number of ether oxygens (including phenoxy) is 1. The smallest absolute Gasteiger partial charge is 0.326 e. The van der Waals surface area contributed by atoms with Gasteiger partial charge in [-0.3, -0.25) is 4.79 Å². The van der Waals surface area contributed by atoms with Crippen LogP contribution in [0.3, 0.4) is 0 Å². The van der Waals surface area contributed by atoms with E-state index in [1.54, 1.807) is 36.4 Å². The van der Waals surface area contributed by atoms with Crippen LogP contribution in [0.4, 0.5) is 8.78 Å². The van der Waals surface area contributed by atoms with Crippen molar-refractivity contribution < 1.29 is 28.2 Å². The molecule has 34 heavy (non-hydrogen) atoms. The fraction of sp³-hybridized carbons (Fsp3) is 0.111. The third-order valence-electron chi connectivity index (χ3n) is 5.35. The van der Waals surface area contributed by atoms with Gasteiger partial charge in [0.05, 0.1) is 0 Å². The summed E-state index contributed by atoms with van der Waals surface area (Å²) in [7, 11) is 0. The lowest BCUT2D eigenvalue weighted by molar-refractivity contribution is -0.139. The third kappa shape index (κ3) is 5.56. The Morgan fingerprint density at radius 1 is 0.824 bits per heavy atom. The molecule has 0 aromatic heterocycles. The first-order valence-electron chi connectivity index (χ1n) is 10.6. The first-order valence-corrected chi connectivity index (χ1v) is 10.6. The molecule has 0 bridgehead atoms. The minimum absolute atomic E-state index is 0.0706. The van der Waals surface area contributed by atoms with Crippen molar-refractivity contribution in [2.45, 2.75) is 19.1 Å². The second-order valence-electron chi connectivity index (χ2n) is 7.81. The molecule has 5 nitrogen and oxygen atoms in total. The lowest BCUT2D eigenvalue weighted by Gasteiger charge is -2.15. The molecule has 2 N–H and O–H groups in total. The van der Waals surface area contributed by atoms with Crippen LogP contribution in [0.25, 0.3) is 10.8 Å². The van der Waals surface area contributed by atoms with Crippen molar-refractivity contribution in [3.8, 4) is 5.75 Å². The van der Waals surface area contributed by atoms with Crippen LogP contribution in [0.2, 0.25) is 0 Å². The summed E-state index contributed by atoms with van der Waals surface area (Å²) in [5.74, 6) is -2.91. The molecule has 4 aromatic carbocycles. The fourth-order valence-electron chi connectivity index (χ4n) is 3.54. The van der Waals surface area contributed by atoms with Crippen LogP contribution < -0.4 is 10.1 Å². The number of aliphatic carboxylic acids is 1. The minimum Gasteiger partial charge on any atom is -0.489 e. The zero-order valence-corrected chi connectivity index (χ0v) is 18.0. The summed E-state index contributed by atoms with van der Waals surface area (Å²) >= 11 is 0. The molecule has 0 radical (unpaired) electrons. The van der Waals surface area contributed by atoms with Crippen LogP contribution in [-0.2, 0) is 17.8 Å². The maximum atomic E-state index is 13.4. The predicted octanol–water partition coefficient (Wildman–Crippen LogP) is 5.12. The van der Waals surface area contributed by atoms with Crippen LogP contribution >= 0.6 is 0 Å². The lowest BCUT2D eigenvalue weighted by Crippen LogP contribution is -2.42. The standard InChI is InChI=1S/C27H21F2NO4/c28-23-11-6-18(12-24(23)29)16-34-22-10-9-19-14-21(8-7-20(19)15-22)26(31)30-25(27(32)33)13-17-4-2-1-3-5-17/h1-12,14-15,25H,13,16H2,(H,30,31)(H,32,33). The van der Waals surface area contributed by atoms with Crippen molar-refractivity contribution in [1.82, 2.24) is 5.32 Å². The number of hydrogen-bond acceptors (Lipinski definition) is 3.